The van der Waals surface area contributed by atoms with Crippen LogP contribution in [0.3, 0.4) is 0 Å². The lowest BCUT2D eigenvalue weighted by Crippen LogP contribution is -2.25. The van der Waals surface area contributed by atoms with Gasteiger partial charge in [-0.25, -0.2) is 4.99 Å². The van der Waals surface area contributed by atoms with E-state index in [0.717, 1.165) is 0 Å². The molecule has 2 aromatic rings. The Balaban J connectivity index is 2.17. The standard InChI is InChI=1S/C11H10N2O3/c12-10-13-11(7-16-10,8-3-1-5-14-8)9-4-2-6-15-9/h1-6H,7H2,(H2,12,13). The van der Waals surface area contributed by atoms with Crippen molar-refractivity contribution in [3.8, 4) is 0 Å². The van der Waals surface area contributed by atoms with Crippen LogP contribution in [0.4, 0.5) is 0 Å². The molecule has 0 saturated carbocycles. The molecule has 3 rings (SSSR count). The molecule has 1 aliphatic rings. The molecule has 0 unspecified atom stereocenters. The number of nitrogens with two attached hydrogens (primary N) is 1. The summed E-state index contributed by atoms with van der Waals surface area (Å²) in [6.07, 6.45) is 3.17. The molecule has 0 bridgehead atoms. The van der Waals surface area contributed by atoms with Gasteiger partial charge in [-0.2, -0.15) is 0 Å². The Kier molecular flexibility index (Phi) is 1.80. The molecule has 0 fully saturated rings. The van der Waals surface area contributed by atoms with E-state index in [1.807, 2.05) is 12.1 Å². The van der Waals surface area contributed by atoms with Crippen LogP contribution in [0.5, 0.6) is 0 Å². The summed E-state index contributed by atoms with van der Waals surface area (Å²) < 4.78 is 16.0. The third kappa shape index (κ3) is 1.14. The summed E-state index contributed by atoms with van der Waals surface area (Å²) >= 11 is 0. The number of furan rings is 2. The first-order chi connectivity index (χ1) is 7.81. The van der Waals surface area contributed by atoms with Crippen LogP contribution < -0.4 is 5.73 Å². The smallest absolute Gasteiger partial charge is 0.283 e. The maximum atomic E-state index is 5.57. The largest absolute Gasteiger partial charge is 0.466 e. The van der Waals surface area contributed by atoms with Crippen LogP contribution in [-0.2, 0) is 10.3 Å². The highest BCUT2D eigenvalue weighted by molar-refractivity contribution is 5.74. The van der Waals surface area contributed by atoms with Gasteiger partial charge in [0.25, 0.3) is 6.02 Å². The zero-order chi connectivity index (χ0) is 11.0. The molecule has 0 aromatic carbocycles. The third-order valence-corrected chi connectivity index (χ3v) is 2.59. The Morgan fingerprint density at radius 1 is 1.12 bits per heavy atom. The highest BCUT2D eigenvalue weighted by Crippen LogP contribution is 2.37. The summed E-state index contributed by atoms with van der Waals surface area (Å²) in [5.74, 6) is 1.31. The quantitative estimate of drug-likeness (QED) is 0.828. The second kappa shape index (κ2) is 3.16. The molecule has 16 heavy (non-hydrogen) atoms. The van der Waals surface area contributed by atoms with Crippen molar-refractivity contribution >= 4 is 6.02 Å². The zero-order valence-corrected chi connectivity index (χ0v) is 8.42. The number of amidine groups is 1. The number of hydrogen-bond acceptors (Lipinski definition) is 5. The summed E-state index contributed by atoms with van der Waals surface area (Å²) in [4.78, 5) is 4.29. The highest BCUT2D eigenvalue weighted by Gasteiger charge is 2.45. The molecule has 0 saturated heterocycles. The predicted molar refractivity (Wildman–Crippen MR) is 55.8 cm³/mol. The van der Waals surface area contributed by atoms with Crippen LogP contribution in [0.2, 0.25) is 0 Å². The zero-order valence-electron chi connectivity index (χ0n) is 8.42. The van der Waals surface area contributed by atoms with Crippen LogP contribution in [0, 0.1) is 0 Å². The highest BCUT2D eigenvalue weighted by atomic mass is 16.5. The van der Waals surface area contributed by atoms with Gasteiger partial charge in [0.2, 0.25) is 5.54 Å². The summed E-state index contributed by atoms with van der Waals surface area (Å²) in [7, 11) is 0. The van der Waals surface area contributed by atoms with E-state index in [2.05, 4.69) is 4.99 Å². The van der Waals surface area contributed by atoms with Gasteiger partial charge in [-0.15, -0.1) is 0 Å². The van der Waals surface area contributed by atoms with E-state index >= 15 is 0 Å². The van der Waals surface area contributed by atoms with Crippen LogP contribution >= 0.6 is 0 Å². The van der Waals surface area contributed by atoms with Gasteiger partial charge in [-0.1, -0.05) is 0 Å². The Bertz CT molecular complexity index is 465. The fourth-order valence-electron chi connectivity index (χ4n) is 1.83. The normalized spacial score (nSPS) is 18.1. The van der Waals surface area contributed by atoms with Gasteiger partial charge in [0, 0.05) is 0 Å². The van der Waals surface area contributed by atoms with Crippen LogP contribution in [0.1, 0.15) is 11.5 Å². The number of ether oxygens (including phenoxy) is 1. The molecule has 5 heteroatoms. The number of aliphatic imine (C=N–C) groups is 1. The minimum atomic E-state index is -0.781. The number of hydrogen-bond donors (Lipinski definition) is 1. The molecule has 2 aromatic heterocycles. The van der Waals surface area contributed by atoms with Gasteiger partial charge in [-0.05, 0) is 24.3 Å². The van der Waals surface area contributed by atoms with Crippen molar-refractivity contribution in [2.24, 2.45) is 10.7 Å². The lowest BCUT2D eigenvalue weighted by molar-refractivity contribution is 0.232. The lowest BCUT2D eigenvalue weighted by atomic mass is 9.95. The van der Waals surface area contributed by atoms with Gasteiger partial charge in [0.15, 0.2) is 0 Å². The van der Waals surface area contributed by atoms with Crippen molar-refractivity contribution in [1.82, 2.24) is 0 Å². The van der Waals surface area contributed by atoms with E-state index in [4.69, 9.17) is 19.3 Å². The number of rotatable bonds is 2. The van der Waals surface area contributed by atoms with Crippen LogP contribution in [0.15, 0.2) is 50.6 Å². The van der Waals surface area contributed by atoms with Gasteiger partial charge in [-0.3, -0.25) is 0 Å². The first kappa shape index (κ1) is 9.08. The molecular formula is C11H10N2O3. The maximum absolute atomic E-state index is 5.57. The summed E-state index contributed by atoms with van der Waals surface area (Å²) in [5.41, 5.74) is 4.79. The second-order valence-electron chi connectivity index (χ2n) is 3.55. The van der Waals surface area contributed by atoms with Crippen LogP contribution in [-0.4, -0.2) is 12.6 Å². The molecular weight excluding hydrogens is 208 g/mol. The summed E-state index contributed by atoms with van der Waals surface area (Å²) in [6.45, 7) is 0.292. The topological polar surface area (TPSA) is 73.9 Å². The molecule has 2 N–H and O–H groups in total. The van der Waals surface area contributed by atoms with E-state index < -0.39 is 5.54 Å². The lowest BCUT2D eigenvalue weighted by Gasteiger charge is -2.18. The number of nitrogens with zero attached hydrogens (tertiary/aromatic N) is 1. The average Bonchev–Trinajstić information content (AvgIpc) is 2.99. The van der Waals surface area contributed by atoms with Gasteiger partial charge in [0.1, 0.15) is 18.1 Å². The third-order valence-electron chi connectivity index (χ3n) is 2.59. The second-order valence-corrected chi connectivity index (χ2v) is 3.55. The van der Waals surface area contributed by atoms with Crippen LogP contribution in [0.25, 0.3) is 0 Å². The molecule has 5 nitrogen and oxygen atoms in total. The van der Waals surface area contributed by atoms with Crippen molar-refractivity contribution in [1.29, 1.82) is 0 Å². The molecule has 0 aliphatic carbocycles. The van der Waals surface area contributed by atoms with E-state index in [1.165, 1.54) is 0 Å². The molecule has 1 aliphatic heterocycles. The van der Waals surface area contributed by atoms with Crippen molar-refractivity contribution in [2.75, 3.05) is 6.61 Å². The van der Waals surface area contributed by atoms with E-state index in [9.17, 15) is 0 Å². The first-order valence-corrected chi connectivity index (χ1v) is 4.87. The van der Waals surface area contributed by atoms with Gasteiger partial charge >= 0.3 is 0 Å². The molecule has 82 valence electrons. The predicted octanol–water partition coefficient (Wildman–Crippen LogP) is 1.46. The maximum Gasteiger partial charge on any atom is 0.283 e. The Morgan fingerprint density at radius 2 is 1.75 bits per heavy atom. The van der Waals surface area contributed by atoms with Crippen molar-refractivity contribution in [3.63, 3.8) is 0 Å². The minimum Gasteiger partial charge on any atom is -0.466 e. The van der Waals surface area contributed by atoms with E-state index in [-0.39, 0.29) is 6.02 Å². The molecule has 0 spiro atoms. The fourth-order valence-corrected chi connectivity index (χ4v) is 1.83. The molecule has 3 heterocycles. The fraction of sp³-hybridized carbons (Fsp3) is 0.182. The SMILES string of the molecule is NC1=NC(c2ccco2)(c2ccco2)CO1. The Hall–Kier alpha value is -2.17. The molecule has 0 radical (unpaired) electrons. The van der Waals surface area contributed by atoms with Crippen molar-refractivity contribution in [2.45, 2.75) is 5.54 Å². The van der Waals surface area contributed by atoms with Gasteiger partial charge in [0.05, 0.1) is 12.5 Å². The van der Waals surface area contributed by atoms with Crippen molar-refractivity contribution < 1.29 is 13.6 Å². The van der Waals surface area contributed by atoms with E-state index in [1.54, 1.807) is 24.7 Å². The van der Waals surface area contributed by atoms with E-state index in [0.29, 0.717) is 18.1 Å². The summed E-state index contributed by atoms with van der Waals surface area (Å²) in [5, 5.41) is 0. The average molecular weight is 218 g/mol. The summed E-state index contributed by atoms with van der Waals surface area (Å²) in [6, 6.07) is 7.39. The molecule has 0 atom stereocenters. The monoisotopic (exact) mass is 218 g/mol. The minimum absolute atomic E-state index is 0.146. The van der Waals surface area contributed by atoms with Crippen molar-refractivity contribution in [3.05, 3.63) is 48.3 Å². The first-order valence-electron chi connectivity index (χ1n) is 4.87. The Morgan fingerprint density at radius 3 is 2.12 bits per heavy atom. The Labute approximate surface area is 91.5 Å². The van der Waals surface area contributed by atoms with Gasteiger partial charge < -0.3 is 19.3 Å². The molecule has 0 amide bonds.